The number of aromatic nitrogens is 2. The van der Waals surface area contributed by atoms with Crippen LogP contribution < -0.4 is 14.4 Å². The second-order valence-corrected chi connectivity index (χ2v) is 7.73. The third-order valence-corrected chi connectivity index (χ3v) is 5.62. The summed E-state index contributed by atoms with van der Waals surface area (Å²) < 4.78 is 32.9. The first-order valence-electron chi connectivity index (χ1n) is 8.18. The zero-order chi connectivity index (χ0) is 18.0. The Labute approximate surface area is 148 Å². The van der Waals surface area contributed by atoms with Crippen LogP contribution in [0.5, 0.6) is 5.75 Å². The van der Waals surface area contributed by atoms with E-state index in [1.807, 2.05) is 0 Å². The molecule has 1 aliphatic rings. The van der Waals surface area contributed by atoms with Gasteiger partial charge in [-0.1, -0.05) is 0 Å². The molecule has 3 rings (SSSR count). The molecule has 0 saturated carbocycles. The number of aryl methyl sites for hydroxylation is 2. The van der Waals surface area contributed by atoms with Crippen LogP contribution in [0.15, 0.2) is 29.2 Å². The minimum absolute atomic E-state index is 0.163. The van der Waals surface area contributed by atoms with Gasteiger partial charge >= 0.3 is 0 Å². The number of sulfonamides is 1. The average molecular weight is 362 g/mol. The lowest BCUT2D eigenvalue weighted by Crippen LogP contribution is -2.22. The van der Waals surface area contributed by atoms with Gasteiger partial charge in [-0.15, -0.1) is 0 Å². The lowest BCUT2D eigenvalue weighted by molar-refractivity contribution is 0.414. The van der Waals surface area contributed by atoms with Crippen LogP contribution >= 0.6 is 0 Å². The predicted octanol–water partition coefficient (Wildman–Crippen LogP) is 2.50. The fourth-order valence-corrected chi connectivity index (χ4v) is 4.03. The van der Waals surface area contributed by atoms with E-state index in [9.17, 15) is 8.42 Å². The Bertz CT molecular complexity index is 837. The van der Waals surface area contributed by atoms with E-state index in [1.165, 1.54) is 19.2 Å². The van der Waals surface area contributed by atoms with Crippen molar-refractivity contribution in [1.82, 2.24) is 9.97 Å². The predicted molar refractivity (Wildman–Crippen MR) is 96.8 cm³/mol. The van der Waals surface area contributed by atoms with Crippen molar-refractivity contribution in [3.05, 3.63) is 35.7 Å². The number of nitrogens with one attached hydrogen (secondary N) is 1. The monoisotopic (exact) mass is 362 g/mol. The normalized spacial score (nSPS) is 14.6. The van der Waals surface area contributed by atoms with Gasteiger partial charge in [-0.3, -0.25) is 4.72 Å². The maximum atomic E-state index is 12.6. The van der Waals surface area contributed by atoms with Crippen LogP contribution in [0.3, 0.4) is 0 Å². The molecule has 7 nitrogen and oxygen atoms in total. The lowest BCUT2D eigenvalue weighted by atomic mass is 10.3. The average Bonchev–Trinajstić information content (AvgIpc) is 3.12. The van der Waals surface area contributed by atoms with Crippen molar-refractivity contribution in [3.8, 4) is 5.75 Å². The molecule has 0 aliphatic carbocycles. The molecule has 0 bridgehead atoms. The van der Waals surface area contributed by atoms with Crippen LogP contribution in [0, 0.1) is 13.8 Å². The number of nitrogens with zero attached hydrogens (tertiary/aromatic N) is 3. The van der Waals surface area contributed by atoms with E-state index in [2.05, 4.69) is 19.6 Å². The molecule has 1 N–H and O–H groups in total. The molecule has 0 spiro atoms. The maximum absolute atomic E-state index is 12.6. The fraction of sp³-hybridized carbons (Fsp3) is 0.412. The van der Waals surface area contributed by atoms with E-state index in [-0.39, 0.29) is 4.90 Å². The molecule has 0 unspecified atom stereocenters. The number of hydrogen-bond donors (Lipinski definition) is 1. The highest BCUT2D eigenvalue weighted by molar-refractivity contribution is 7.92. The van der Waals surface area contributed by atoms with E-state index in [0.717, 1.165) is 25.9 Å². The third kappa shape index (κ3) is 3.68. The Kier molecular flexibility index (Phi) is 4.80. The summed E-state index contributed by atoms with van der Waals surface area (Å²) in [7, 11) is -2.18. The van der Waals surface area contributed by atoms with Gasteiger partial charge in [0.1, 0.15) is 5.75 Å². The fourth-order valence-electron chi connectivity index (χ4n) is 2.85. The van der Waals surface area contributed by atoms with Gasteiger partial charge in [0.15, 0.2) is 0 Å². The number of rotatable bonds is 5. The molecule has 25 heavy (non-hydrogen) atoms. The zero-order valence-corrected chi connectivity index (χ0v) is 15.4. The first-order chi connectivity index (χ1) is 11.9. The molecular weight excluding hydrogens is 340 g/mol. The number of methoxy groups -OCH3 is 1. The Balaban J connectivity index is 1.88. The second kappa shape index (κ2) is 6.87. The van der Waals surface area contributed by atoms with Crippen molar-refractivity contribution >= 4 is 21.7 Å². The summed E-state index contributed by atoms with van der Waals surface area (Å²) in [6.45, 7) is 5.46. The van der Waals surface area contributed by atoms with Crippen molar-refractivity contribution in [3.63, 3.8) is 0 Å². The lowest BCUT2D eigenvalue weighted by Gasteiger charge is -2.19. The summed E-state index contributed by atoms with van der Waals surface area (Å²) in [6, 6.07) is 6.24. The molecule has 0 radical (unpaired) electrons. The van der Waals surface area contributed by atoms with Crippen LogP contribution in [-0.4, -0.2) is 38.6 Å². The van der Waals surface area contributed by atoms with Crippen molar-refractivity contribution in [1.29, 1.82) is 0 Å². The van der Waals surface area contributed by atoms with Crippen molar-refractivity contribution < 1.29 is 13.2 Å². The minimum Gasteiger partial charge on any atom is -0.497 e. The summed E-state index contributed by atoms with van der Waals surface area (Å²) >= 11 is 0. The van der Waals surface area contributed by atoms with E-state index >= 15 is 0 Å². The molecule has 1 aromatic carbocycles. The highest BCUT2D eigenvalue weighted by Gasteiger charge is 2.21. The van der Waals surface area contributed by atoms with Gasteiger partial charge in [0, 0.05) is 13.1 Å². The van der Waals surface area contributed by atoms with Crippen LogP contribution in [-0.2, 0) is 10.0 Å². The van der Waals surface area contributed by atoms with Gasteiger partial charge in [-0.2, -0.15) is 0 Å². The van der Waals surface area contributed by atoms with Gasteiger partial charge in [-0.05, 0) is 51.0 Å². The highest BCUT2D eigenvalue weighted by atomic mass is 32.2. The number of ether oxygens (including phenoxy) is 1. The Morgan fingerprint density at radius 3 is 2.12 bits per heavy atom. The Hall–Kier alpha value is -2.35. The third-order valence-electron chi connectivity index (χ3n) is 4.25. The molecule has 2 heterocycles. The first kappa shape index (κ1) is 17.5. The van der Waals surface area contributed by atoms with E-state index in [0.29, 0.717) is 28.8 Å². The topological polar surface area (TPSA) is 84.4 Å². The molecule has 0 atom stereocenters. The number of anilines is 2. The molecule has 1 aliphatic heterocycles. The minimum atomic E-state index is -3.71. The van der Waals surface area contributed by atoms with Crippen molar-refractivity contribution in [2.45, 2.75) is 31.6 Å². The quantitative estimate of drug-likeness (QED) is 0.880. The van der Waals surface area contributed by atoms with Crippen LogP contribution in [0.2, 0.25) is 0 Å². The Morgan fingerprint density at radius 1 is 1.04 bits per heavy atom. The zero-order valence-electron chi connectivity index (χ0n) is 14.6. The van der Waals surface area contributed by atoms with Gasteiger partial charge in [0.2, 0.25) is 5.95 Å². The van der Waals surface area contributed by atoms with Crippen molar-refractivity contribution in [2.24, 2.45) is 0 Å². The van der Waals surface area contributed by atoms with E-state index < -0.39 is 10.0 Å². The molecule has 1 aromatic heterocycles. The highest BCUT2D eigenvalue weighted by Crippen LogP contribution is 2.25. The summed E-state index contributed by atoms with van der Waals surface area (Å²) in [4.78, 5) is 11.3. The van der Waals surface area contributed by atoms with Crippen LogP contribution in [0.4, 0.5) is 11.6 Å². The number of hydrogen-bond acceptors (Lipinski definition) is 6. The summed E-state index contributed by atoms with van der Waals surface area (Å²) in [5.41, 5.74) is 1.66. The van der Waals surface area contributed by atoms with Gasteiger partial charge in [0.25, 0.3) is 10.0 Å². The molecule has 2 aromatic rings. The number of benzene rings is 1. The molecule has 1 saturated heterocycles. The summed E-state index contributed by atoms with van der Waals surface area (Å²) in [5, 5.41) is 0. The summed E-state index contributed by atoms with van der Waals surface area (Å²) in [6.07, 6.45) is 2.26. The second-order valence-electron chi connectivity index (χ2n) is 6.04. The molecule has 0 amide bonds. The standard InChI is InChI=1S/C17H22N4O3S/c1-12-16(13(2)19-17(18-12)21-10-4-5-11-21)20-25(22,23)15-8-6-14(24-3)7-9-15/h6-9,20H,4-5,10-11H2,1-3H3. The van der Waals surface area contributed by atoms with Gasteiger partial charge < -0.3 is 9.64 Å². The van der Waals surface area contributed by atoms with Crippen LogP contribution in [0.1, 0.15) is 24.2 Å². The van der Waals surface area contributed by atoms with Crippen molar-refractivity contribution in [2.75, 3.05) is 29.8 Å². The molecule has 1 fully saturated rings. The largest absolute Gasteiger partial charge is 0.497 e. The summed E-state index contributed by atoms with van der Waals surface area (Å²) in [5.74, 6) is 1.27. The first-order valence-corrected chi connectivity index (χ1v) is 9.66. The SMILES string of the molecule is COc1ccc(S(=O)(=O)Nc2c(C)nc(N3CCCC3)nc2C)cc1. The van der Waals surface area contributed by atoms with E-state index in [4.69, 9.17) is 4.74 Å². The van der Waals surface area contributed by atoms with Gasteiger partial charge in [0.05, 0.1) is 29.1 Å². The van der Waals surface area contributed by atoms with Crippen LogP contribution in [0.25, 0.3) is 0 Å². The molecule has 8 heteroatoms. The van der Waals surface area contributed by atoms with E-state index in [1.54, 1.807) is 26.0 Å². The molecular formula is C17H22N4O3S. The molecule has 134 valence electrons. The van der Waals surface area contributed by atoms with Gasteiger partial charge in [-0.25, -0.2) is 18.4 Å². The Morgan fingerprint density at radius 2 is 1.60 bits per heavy atom. The maximum Gasteiger partial charge on any atom is 0.262 e. The smallest absolute Gasteiger partial charge is 0.262 e.